The highest BCUT2D eigenvalue weighted by atomic mass is 35.5. The van der Waals surface area contributed by atoms with E-state index in [0.717, 1.165) is 29.5 Å². The molecule has 1 aliphatic rings. The summed E-state index contributed by atoms with van der Waals surface area (Å²) in [5.41, 5.74) is 0.488. The highest BCUT2D eigenvalue weighted by Crippen LogP contribution is 2.41. The topological polar surface area (TPSA) is 82.4 Å². The number of hydrogen-bond acceptors (Lipinski definition) is 6. The van der Waals surface area contributed by atoms with Crippen molar-refractivity contribution in [1.29, 1.82) is 5.26 Å². The van der Waals surface area contributed by atoms with Crippen molar-refractivity contribution in [2.45, 2.75) is 22.9 Å². The molecule has 1 fully saturated rings. The lowest BCUT2D eigenvalue weighted by atomic mass is 10.1. The smallest absolute Gasteiger partial charge is 0.419 e. The Kier molecular flexibility index (Phi) is 7.02. The normalized spacial score (nSPS) is 16.7. The van der Waals surface area contributed by atoms with Crippen LogP contribution in [-0.2, 0) is 16.2 Å². The van der Waals surface area contributed by atoms with Crippen LogP contribution in [0.15, 0.2) is 52.7 Å². The highest BCUT2D eigenvalue weighted by molar-refractivity contribution is 7.94. The van der Waals surface area contributed by atoms with Gasteiger partial charge in [-0.2, -0.15) is 18.4 Å². The van der Waals surface area contributed by atoms with Crippen molar-refractivity contribution in [1.82, 2.24) is 4.90 Å². The second kappa shape index (κ2) is 9.70. The van der Waals surface area contributed by atoms with Crippen LogP contribution in [-0.4, -0.2) is 39.6 Å². The van der Waals surface area contributed by atoms with Crippen LogP contribution in [0, 0.1) is 11.3 Å². The van der Waals surface area contributed by atoms with Gasteiger partial charge in [0.1, 0.15) is 20.4 Å². The van der Waals surface area contributed by atoms with Gasteiger partial charge in [-0.15, -0.1) is 11.3 Å². The molecule has 3 aromatic rings. The first-order chi connectivity index (χ1) is 16.5. The molecular weight excluding hydrogens is 523 g/mol. The highest BCUT2D eigenvalue weighted by Gasteiger charge is 2.36. The number of likely N-dealkylation sites (tertiary alicyclic amines) is 1. The van der Waals surface area contributed by atoms with Gasteiger partial charge in [-0.25, -0.2) is 8.42 Å². The molecule has 0 unspecified atom stereocenters. The molecule has 1 saturated heterocycles. The molecule has 2 aromatic carbocycles. The molecule has 0 saturated carbocycles. The van der Waals surface area contributed by atoms with Gasteiger partial charge in [0, 0.05) is 24.7 Å². The molecule has 1 atom stereocenters. The number of nitrogens with zero attached hydrogens (tertiary/aromatic N) is 2. The summed E-state index contributed by atoms with van der Waals surface area (Å²) in [4.78, 5) is 1.94. The molecule has 0 bridgehead atoms. The number of hydrogen-bond donors (Lipinski definition) is 1. The average Bonchev–Trinajstić information content (AvgIpc) is 3.38. The third-order valence-electron chi connectivity index (χ3n) is 5.43. The number of thiophene rings is 1. The number of rotatable bonds is 6. The SMILES string of the molecule is CN1CC[C@@H](Oc2cc(NS(=O)(=O)c3cc(-c4ccc(C#N)cc4)c(Cl)s3)ccc2C(F)(F)F)C1. The first kappa shape index (κ1) is 25.3. The number of ether oxygens (including phenoxy) is 1. The standard InChI is InChI=1S/C23H19ClF3N3O3S2/c1-30-9-8-17(13-30)33-20-10-16(6-7-19(20)23(25,26)27)29-35(31,32)21-11-18(22(24)34-21)15-4-2-14(12-28)3-5-15/h2-7,10-11,17,29H,8-9,13H2,1H3/t17-/m1/s1. The minimum absolute atomic E-state index is 0.0659. The van der Waals surface area contributed by atoms with Gasteiger partial charge in [0.05, 0.1) is 22.9 Å². The summed E-state index contributed by atoms with van der Waals surface area (Å²) in [6.45, 7) is 1.16. The van der Waals surface area contributed by atoms with Crippen LogP contribution in [0.5, 0.6) is 5.75 Å². The van der Waals surface area contributed by atoms with E-state index in [0.29, 0.717) is 36.2 Å². The van der Waals surface area contributed by atoms with Crippen LogP contribution in [0.3, 0.4) is 0 Å². The van der Waals surface area contributed by atoms with Gasteiger partial charge in [0.15, 0.2) is 0 Å². The summed E-state index contributed by atoms with van der Waals surface area (Å²) in [7, 11) is -2.31. The molecule has 2 heterocycles. The molecule has 0 spiro atoms. The van der Waals surface area contributed by atoms with Crippen molar-refractivity contribution >= 4 is 38.6 Å². The number of likely N-dealkylation sites (N-methyl/N-ethyl adjacent to an activating group) is 1. The number of anilines is 1. The maximum Gasteiger partial charge on any atom is 0.419 e. The maximum atomic E-state index is 13.5. The third-order valence-corrected chi connectivity index (χ3v) is 8.65. The molecule has 6 nitrogen and oxygen atoms in total. The number of sulfonamides is 1. The van der Waals surface area contributed by atoms with Crippen LogP contribution >= 0.6 is 22.9 Å². The first-order valence-electron chi connectivity index (χ1n) is 10.4. The zero-order valence-electron chi connectivity index (χ0n) is 18.3. The molecule has 0 amide bonds. The van der Waals surface area contributed by atoms with Crippen LogP contribution < -0.4 is 9.46 Å². The van der Waals surface area contributed by atoms with Crippen LogP contribution in [0.2, 0.25) is 4.34 Å². The minimum atomic E-state index is -4.66. The molecule has 1 aliphatic heterocycles. The van der Waals surface area contributed by atoms with Gasteiger partial charge in [0.2, 0.25) is 0 Å². The van der Waals surface area contributed by atoms with Gasteiger partial charge in [-0.3, -0.25) is 4.72 Å². The monoisotopic (exact) mass is 541 g/mol. The number of nitrogens with one attached hydrogen (secondary N) is 1. The van der Waals surface area contributed by atoms with Crippen molar-refractivity contribution in [3.8, 4) is 22.9 Å². The summed E-state index contributed by atoms with van der Waals surface area (Å²) < 4.78 is 74.7. The first-order valence-corrected chi connectivity index (χ1v) is 13.0. The van der Waals surface area contributed by atoms with E-state index in [4.69, 9.17) is 21.6 Å². The summed E-state index contributed by atoms with van der Waals surface area (Å²) in [6.07, 6.45) is -4.52. The van der Waals surface area contributed by atoms with Crippen LogP contribution in [0.25, 0.3) is 11.1 Å². The lowest BCUT2D eigenvalue weighted by molar-refractivity contribution is -0.139. The van der Waals surface area contributed by atoms with Crippen molar-refractivity contribution in [3.63, 3.8) is 0 Å². The van der Waals surface area contributed by atoms with Crippen molar-refractivity contribution in [3.05, 3.63) is 64.0 Å². The third kappa shape index (κ3) is 5.73. The lowest BCUT2D eigenvalue weighted by Crippen LogP contribution is -2.23. The van der Waals surface area contributed by atoms with Crippen LogP contribution in [0.4, 0.5) is 18.9 Å². The molecule has 184 valence electrons. The van der Waals surface area contributed by atoms with Crippen molar-refractivity contribution < 1.29 is 26.3 Å². The fourth-order valence-electron chi connectivity index (χ4n) is 3.69. The summed E-state index contributed by atoms with van der Waals surface area (Å²) >= 11 is 7.09. The summed E-state index contributed by atoms with van der Waals surface area (Å²) in [5.74, 6) is -0.430. The van der Waals surface area contributed by atoms with E-state index in [1.165, 1.54) is 6.07 Å². The minimum Gasteiger partial charge on any atom is -0.488 e. The van der Waals surface area contributed by atoms with E-state index in [9.17, 15) is 21.6 Å². The van der Waals surface area contributed by atoms with Gasteiger partial charge < -0.3 is 9.64 Å². The van der Waals surface area contributed by atoms with E-state index in [-0.39, 0.29) is 14.2 Å². The maximum absolute atomic E-state index is 13.5. The van der Waals surface area contributed by atoms with E-state index in [1.807, 2.05) is 18.0 Å². The van der Waals surface area contributed by atoms with E-state index >= 15 is 0 Å². The predicted molar refractivity (Wildman–Crippen MR) is 128 cm³/mol. The number of alkyl halides is 3. The van der Waals surface area contributed by atoms with E-state index < -0.39 is 33.6 Å². The van der Waals surface area contributed by atoms with Crippen molar-refractivity contribution in [2.24, 2.45) is 0 Å². The van der Waals surface area contributed by atoms with E-state index in [2.05, 4.69) is 4.72 Å². The Hall–Kier alpha value is -2.78. The van der Waals surface area contributed by atoms with E-state index in [1.54, 1.807) is 24.3 Å². The second-order valence-electron chi connectivity index (χ2n) is 8.05. The number of halogens is 4. The molecule has 1 aromatic heterocycles. The summed E-state index contributed by atoms with van der Waals surface area (Å²) in [6, 6.07) is 12.7. The molecule has 4 rings (SSSR count). The molecular formula is C23H19ClF3N3O3S2. The van der Waals surface area contributed by atoms with Crippen molar-refractivity contribution in [2.75, 3.05) is 24.9 Å². The lowest BCUT2D eigenvalue weighted by Gasteiger charge is -2.19. The molecule has 1 N–H and O–H groups in total. The predicted octanol–water partition coefficient (Wildman–Crippen LogP) is 5.84. The second-order valence-corrected chi connectivity index (χ2v) is 11.6. The Morgan fingerprint density at radius 2 is 1.91 bits per heavy atom. The summed E-state index contributed by atoms with van der Waals surface area (Å²) in [5, 5.41) is 8.94. The fourth-order valence-corrected chi connectivity index (χ4v) is 6.51. The molecule has 12 heteroatoms. The number of benzene rings is 2. The number of nitriles is 1. The molecule has 35 heavy (non-hydrogen) atoms. The Morgan fingerprint density at radius 1 is 1.20 bits per heavy atom. The zero-order chi connectivity index (χ0) is 25.4. The van der Waals surface area contributed by atoms with Gasteiger partial charge in [-0.05, 0) is 49.4 Å². The fraction of sp³-hybridized carbons (Fsp3) is 0.261. The zero-order valence-corrected chi connectivity index (χ0v) is 20.7. The molecule has 0 aliphatic carbocycles. The van der Waals surface area contributed by atoms with Crippen LogP contribution in [0.1, 0.15) is 17.5 Å². The molecule has 0 radical (unpaired) electrons. The average molecular weight is 542 g/mol. The Bertz CT molecular complexity index is 1380. The Morgan fingerprint density at radius 3 is 2.51 bits per heavy atom. The van der Waals surface area contributed by atoms with Gasteiger partial charge in [0.25, 0.3) is 10.0 Å². The Labute approximate surface area is 209 Å². The Balaban J connectivity index is 1.61. The van der Waals surface area contributed by atoms with Gasteiger partial charge in [-0.1, -0.05) is 23.7 Å². The largest absolute Gasteiger partial charge is 0.488 e. The quantitative estimate of drug-likeness (QED) is 0.424. The van der Waals surface area contributed by atoms with Gasteiger partial charge >= 0.3 is 6.18 Å².